The first kappa shape index (κ1) is 23.7. The van der Waals surface area contributed by atoms with Crippen LogP contribution in [0.15, 0.2) is 42.5 Å². The summed E-state index contributed by atoms with van der Waals surface area (Å²) in [5.74, 6) is 0.417. The molecule has 6 nitrogen and oxygen atoms in total. The number of rotatable bonds is 9. The molecule has 0 aliphatic heterocycles. The Bertz CT molecular complexity index is 988. The van der Waals surface area contributed by atoms with E-state index in [4.69, 9.17) is 4.74 Å². The van der Waals surface area contributed by atoms with E-state index in [0.717, 1.165) is 28.7 Å². The highest BCUT2D eigenvalue weighted by Gasteiger charge is 2.32. The Hall–Kier alpha value is -2.54. The predicted molar refractivity (Wildman–Crippen MR) is 122 cm³/mol. The molecule has 2 atom stereocenters. The van der Waals surface area contributed by atoms with Crippen molar-refractivity contribution in [3.63, 3.8) is 0 Å². The van der Waals surface area contributed by atoms with Gasteiger partial charge in [-0.3, -0.25) is 9.10 Å². The monoisotopic (exact) mass is 432 g/mol. The number of hydrogen-bond acceptors (Lipinski definition) is 4. The lowest BCUT2D eigenvalue weighted by atomic mass is 10.1. The third-order valence-electron chi connectivity index (χ3n) is 5.05. The van der Waals surface area contributed by atoms with E-state index in [1.807, 2.05) is 58.0 Å². The summed E-state index contributed by atoms with van der Waals surface area (Å²) in [6, 6.07) is 11.9. The lowest BCUT2D eigenvalue weighted by Gasteiger charge is -2.31. The van der Waals surface area contributed by atoms with Crippen molar-refractivity contribution in [2.45, 2.75) is 53.1 Å². The molecule has 0 saturated heterocycles. The number of benzene rings is 2. The molecule has 0 saturated carbocycles. The Morgan fingerprint density at radius 1 is 1.07 bits per heavy atom. The fraction of sp³-hybridized carbons (Fsp3) is 0.435. The third kappa shape index (κ3) is 5.98. The first-order valence-corrected chi connectivity index (χ1v) is 11.9. The first-order valence-electron chi connectivity index (χ1n) is 10.1. The minimum Gasteiger partial charge on any atom is -0.491 e. The number of nitrogens with one attached hydrogen (secondary N) is 1. The van der Waals surface area contributed by atoms with Crippen LogP contribution >= 0.6 is 0 Å². The number of para-hydroxylation sites is 1. The number of hydrogen-bond donors (Lipinski definition) is 1. The van der Waals surface area contributed by atoms with Crippen LogP contribution in [0.4, 0.5) is 5.69 Å². The maximum absolute atomic E-state index is 13.0. The van der Waals surface area contributed by atoms with Crippen molar-refractivity contribution in [2.24, 2.45) is 0 Å². The molecule has 0 aliphatic carbocycles. The Balaban J connectivity index is 2.17. The fourth-order valence-corrected chi connectivity index (χ4v) is 4.44. The van der Waals surface area contributed by atoms with E-state index in [1.165, 1.54) is 4.31 Å². The van der Waals surface area contributed by atoms with Crippen molar-refractivity contribution in [1.29, 1.82) is 0 Å². The number of carbonyl (C=O) groups excluding carboxylic acids is 1. The highest BCUT2D eigenvalue weighted by molar-refractivity contribution is 7.92. The van der Waals surface area contributed by atoms with Gasteiger partial charge in [0.15, 0.2) is 0 Å². The normalized spacial score (nSPS) is 13.4. The van der Waals surface area contributed by atoms with E-state index in [-0.39, 0.29) is 18.6 Å². The largest absolute Gasteiger partial charge is 0.491 e. The average Bonchev–Trinajstić information content (AvgIpc) is 2.66. The number of amides is 1. The van der Waals surface area contributed by atoms with Crippen LogP contribution in [0.2, 0.25) is 0 Å². The van der Waals surface area contributed by atoms with Crippen LogP contribution < -0.4 is 14.4 Å². The molecule has 2 aromatic rings. The molecular weight excluding hydrogens is 400 g/mol. The van der Waals surface area contributed by atoms with E-state index in [0.29, 0.717) is 12.1 Å². The molecule has 0 aromatic heterocycles. The zero-order chi connectivity index (χ0) is 22.5. The molecule has 0 spiro atoms. The summed E-state index contributed by atoms with van der Waals surface area (Å²) in [7, 11) is -3.66. The van der Waals surface area contributed by atoms with E-state index in [2.05, 4.69) is 5.32 Å². The number of aryl methyl sites for hydroxylation is 3. The van der Waals surface area contributed by atoms with Crippen LogP contribution in [0.25, 0.3) is 0 Å². The number of anilines is 1. The van der Waals surface area contributed by atoms with E-state index in [1.54, 1.807) is 19.1 Å². The smallest absolute Gasteiger partial charge is 0.244 e. The Labute approximate surface area is 180 Å². The first-order chi connectivity index (χ1) is 14.0. The molecular formula is C23H32N2O4S. The SMILES string of the molecule is CC[C@H](C(=O)N[C@H](C)COc1ccccc1C)N(c1ccc(C)c(C)c1)S(C)(=O)=O. The van der Waals surface area contributed by atoms with Gasteiger partial charge in [-0.15, -0.1) is 0 Å². The molecule has 0 unspecified atom stereocenters. The molecule has 1 amide bonds. The highest BCUT2D eigenvalue weighted by Crippen LogP contribution is 2.25. The molecule has 0 heterocycles. The second-order valence-electron chi connectivity index (χ2n) is 7.74. The maximum atomic E-state index is 13.0. The molecule has 164 valence electrons. The summed E-state index contributed by atoms with van der Waals surface area (Å²) in [6.45, 7) is 9.77. The summed E-state index contributed by atoms with van der Waals surface area (Å²) in [5.41, 5.74) is 3.54. The van der Waals surface area contributed by atoms with E-state index < -0.39 is 16.1 Å². The minimum absolute atomic E-state index is 0.285. The van der Waals surface area contributed by atoms with Crippen LogP contribution in [-0.2, 0) is 14.8 Å². The van der Waals surface area contributed by atoms with Gasteiger partial charge < -0.3 is 10.1 Å². The quantitative estimate of drug-likeness (QED) is 0.655. The van der Waals surface area contributed by atoms with Gasteiger partial charge in [0, 0.05) is 0 Å². The summed E-state index contributed by atoms with van der Waals surface area (Å²) in [5, 5.41) is 2.90. The molecule has 0 radical (unpaired) electrons. The number of nitrogens with zero attached hydrogens (tertiary/aromatic N) is 1. The molecule has 0 fully saturated rings. The topological polar surface area (TPSA) is 75.7 Å². The van der Waals surface area contributed by atoms with Gasteiger partial charge in [-0.2, -0.15) is 0 Å². The van der Waals surface area contributed by atoms with Crippen LogP contribution in [0.5, 0.6) is 5.75 Å². The molecule has 7 heteroatoms. The molecule has 0 bridgehead atoms. The number of carbonyl (C=O) groups is 1. The highest BCUT2D eigenvalue weighted by atomic mass is 32.2. The van der Waals surface area contributed by atoms with Gasteiger partial charge in [0.25, 0.3) is 0 Å². The van der Waals surface area contributed by atoms with Crippen molar-refractivity contribution >= 4 is 21.6 Å². The molecule has 2 aromatic carbocycles. The number of ether oxygens (including phenoxy) is 1. The van der Waals surface area contributed by atoms with Crippen molar-refractivity contribution in [3.05, 3.63) is 59.2 Å². The van der Waals surface area contributed by atoms with Crippen molar-refractivity contribution < 1.29 is 17.9 Å². The Morgan fingerprint density at radius 2 is 1.73 bits per heavy atom. The lowest BCUT2D eigenvalue weighted by molar-refractivity contribution is -0.123. The van der Waals surface area contributed by atoms with Gasteiger partial charge in [0.1, 0.15) is 18.4 Å². The summed E-state index contributed by atoms with van der Waals surface area (Å²) in [6.07, 6.45) is 1.47. The van der Waals surface area contributed by atoms with Crippen LogP contribution in [0, 0.1) is 20.8 Å². The van der Waals surface area contributed by atoms with E-state index >= 15 is 0 Å². The fourth-order valence-electron chi connectivity index (χ4n) is 3.24. The van der Waals surface area contributed by atoms with Crippen molar-refractivity contribution in [3.8, 4) is 5.75 Å². The molecule has 30 heavy (non-hydrogen) atoms. The van der Waals surface area contributed by atoms with Gasteiger partial charge in [-0.25, -0.2) is 8.42 Å². The second-order valence-corrected chi connectivity index (χ2v) is 9.60. The van der Waals surface area contributed by atoms with Crippen LogP contribution in [0.3, 0.4) is 0 Å². The predicted octanol–water partition coefficient (Wildman–Crippen LogP) is 3.74. The van der Waals surface area contributed by atoms with Gasteiger partial charge in [0.05, 0.1) is 18.0 Å². The third-order valence-corrected chi connectivity index (χ3v) is 6.23. The summed E-state index contributed by atoms with van der Waals surface area (Å²) < 4.78 is 32.2. The van der Waals surface area contributed by atoms with Gasteiger partial charge >= 0.3 is 0 Å². The van der Waals surface area contributed by atoms with Crippen LogP contribution in [-0.4, -0.2) is 39.3 Å². The average molecular weight is 433 g/mol. The van der Waals surface area contributed by atoms with Crippen molar-refractivity contribution in [2.75, 3.05) is 17.2 Å². The maximum Gasteiger partial charge on any atom is 0.244 e. The Morgan fingerprint density at radius 3 is 2.30 bits per heavy atom. The number of sulfonamides is 1. The molecule has 1 N–H and O–H groups in total. The van der Waals surface area contributed by atoms with Gasteiger partial charge in [0.2, 0.25) is 15.9 Å². The molecule has 0 aliphatic rings. The standard InChI is InChI=1S/C23H32N2O4S/c1-7-21(25(30(6,27)28)20-13-12-16(2)18(4)14-20)23(26)24-19(5)15-29-22-11-9-8-10-17(22)3/h8-14,19,21H,7,15H2,1-6H3,(H,24,26)/t19-,21-/m1/s1. The second kappa shape index (κ2) is 9.98. The van der Waals surface area contributed by atoms with Gasteiger partial charge in [-0.05, 0) is 69.0 Å². The van der Waals surface area contributed by atoms with Crippen LogP contribution in [0.1, 0.15) is 37.0 Å². The lowest BCUT2D eigenvalue weighted by Crippen LogP contribution is -2.52. The van der Waals surface area contributed by atoms with Crippen molar-refractivity contribution in [1.82, 2.24) is 5.32 Å². The minimum atomic E-state index is -3.66. The Kier molecular flexibility index (Phi) is 7.89. The summed E-state index contributed by atoms with van der Waals surface area (Å²) in [4.78, 5) is 13.0. The zero-order valence-corrected chi connectivity index (χ0v) is 19.4. The summed E-state index contributed by atoms with van der Waals surface area (Å²) >= 11 is 0. The molecule has 2 rings (SSSR count). The zero-order valence-electron chi connectivity index (χ0n) is 18.6. The van der Waals surface area contributed by atoms with E-state index in [9.17, 15) is 13.2 Å². The van der Waals surface area contributed by atoms with Gasteiger partial charge in [-0.1, -0.05) is 31.2 Å².